The second-order valence-electron chi connectivity index (χ2n) is 9.83. The quantitative estimate of drug-likeness (QED) is 0.459. The van der Waals surface area contributed by atoms with Crippen molar-refractivity contribution < 1.29 is 19.1 Å². The number of hydrogen-bond donors (Lipinski definition) is 2. The fourth-order valence-corrected chi connectivity index (χ4v) is 5.91. The summed E-state index contributed by atoms with van der Waals surface area (Å²) in [5.41, 5.74) is 0.931. The summed E-state index contributed by atoms with van der Waals surface area (Å²) < 4.78 is 11.3. The Morgan fingerprint density at radius 2 is 1.71 bits per heavy atom. The molecule has 2 saturated carbocycles. The first-order chi connectivity index (χ1) is 17.0. The van der Waals surface area contributed by atoms with E-state index in [-0.39, 0.29) is 24.5 Å². The van der Waals surface area contributed by atoms with Crippen molar-refractivity contribution in [1.29, 1.82) is 0 Å². The monoisotopic (exact) mass is 472 g/mol. The van der Waals surface area contributed by atoms with Crippen LogP contribution in [0.1, 0.15) is 43.0 Å². The molecule has 2 N–H and O–H groups in total. The summed E-state index contributed by atoms with van der Waals surface area (Å²) in [6, 6.07) is 18.8. The molecule has 2 fully saturated rings. The van der Waals surface area contributed by atoms with Crippen molar-refractivity contribution in [2.45, 2.75) is 38.6 Å². The van der Waals surface area contributed by atoms with E-state index in [2.05, 4.69) is 17.6 Å². The van der Waals surface area contributed by atoms with Crippen LogP contribution in [-0.2, 0) is 4.79 Å². The number of methoxy groups -OCH3 is 1. The summed E-state index contributed by atoms with van der Waals surface area (Å²) in [6.45, 7) is 1.96. The maximum atomic E-state index is 13.3. The second kappa shape index (κ2) is 9.98. The van der Waals surface area contributed by atoms with Crippen molar-refractivity contribution in [3.8, 4) is 11.5 Å². The number of fused-ring (bicyclic) bond motifs is 3. The van der Waals surface area contributed by atoms with E-state index in [1.807, 2.05) is 42.5 Å². The smallest absolute Gasteiger partial charge is 0.259 e. The van der Waals surface area contributed by atoms with Crippen LogP contribution < -0.4 is 20.1 Å². The number of amides is 2. The Hall–Kier alpha value is -3.54. The lowest BCUT2D eigenvalue weighted by molar-refractivity contribution is -0.124. The Labute approximate surface area is 206 Å². The van der Waals surface area contributed by atoms with Gasteiger partial charge in [0.15, 0.2) is 6.61 Å². The molecule has 4 atom stereocenters. The Morgan fingerprint density at radius 1 is 0.971 bits per heavy atom. The molecule has 2 bridgehead atoms. The lowest BCUT2D eigenvalue weighted by Gasteiger charge is -2.28. The van der Waals surface area contributed by atoms with Crippen molar-refractivity contribution in [2.24, 2.45) is 17.8 Å². The van der Waals surface area contributed by atoms with Crippen LogP contribution in [0.3, 0.4) is 0 Å². The Bertz CT molecular complexity index is 1240. The summed E-state index contributed by atoms with van der Waals surface area (Å²) in [6.07, 6.45) is 5.15. The standard InChI is InChI=1S/C29H32N2O4/c1-18(23-14-19-11-12-22(23)13-19)30-28(32)17-35-27-16-21-8-4-3-7-20(21)15-24(27)29(33)31-25-9-5-6-10-26(25)34-2/h3-10,15-16,18-19,22-23H,11-14,17H2,1-2H3,(H,30,32)(H,31,33)/t18-,19+,22+,23-/m1/s1. The number of hydrogen-bond acceptors (Lipinski definition) is 4. The van der Waals surface area contributed by atoms with Crippen LogP contribution in [0.4, 0.5) is 5.69 Å². The van der Waals surface area contributed by atoms with Crippen molar-refractivity contribution in [3.63, 3.8) is 0 Å². The van der Waals surface area contributed by atoms with Crippen LogP contribution in [0.2, 0.25) is 0 Å². The van der Waals surface area contributed by atoms with E-state index in [1.165, 1.54) is 25.7 Å². The van der Waals surface area contributed by atoms with Gasteiger partial charge in [0.1, 0.15) is 11.5 Å². The van der Waals surface area contributed by atoms with Gasteiger partial charge in [0, 0.05) is 6.04 Å². The van der Waals surface area contributed by atoms with Crippen LogP contribution in [0.15, 0.2) is 60.7 Å². The van der Waals surface area contributed by atoms with Gasteiger partial charge in [-0.15, -0.1) is 0 Å². The van der Waals surface area contributed by atoms with Gasteiger partial charge in [0.2, 0.25) is 0 Å². The topological polar surface area (TPSA) is 76.7 Å². The first-order valence-corrected chi connectivity index (χ1v) is 12.4. The van der Waals surface area contributed by atoms with E-state index >= 15 is 0 Å². The van der Waals surface area contributed by atoms with Crippen molar-refractivity contribution in [2.75, 3.05) is 19.0 Å². The largest absolute Gasteiger partial charge is 0.495 e. The lowest BCUT2D eigenvalue weighted by Crippen LogP contribution is -2.42. The molecule has 0 aliphatic heterocycles. The van der Waals surface area contributed by atoms with E-state index in [0.29, 0.717) is 28.7 Å². The molecule has 3 aromatic rings. The Morgan fingerprint density at radius 3 is 2.43 bits per heavy atom. The molecule has 5 rings (SSSR count). The Kier molecular flexibility index (Phi) is 6.62. The summed E-state index contributed by atoms with van der Waals surface area (Å²) in [5, 5.41) is 7.90. The zero-order valence-electron chi connectivity index (χ0n) is 20.3. The number of para-hydroxylation sites is 2. The number of ether oxygens (including phenoxy) is 2. The van der Waals surface area contributed by atoms with Gasteiger partial charge < -0.3 is 20.1 Å². The molecule has 0 aromatic heterocycles. The van der Waals surface area contributed by atoms with Crippen LogP contribution >= 0.6 is 0 Å². The van der Waals surface area contributed by atoms with Gasteiger partial charge in [0.05, 0.1) is 18.4 Å². The van der Waals surface area contributed by atoms with Crippen molar-refractivity contribution >= 4 is 28.3 Å². The predicted octanol–water partition coefficient (Wildman–Crippen LogP) is 5.42. The lowest BCUT2D eigenvalue weighted by atomic mass is 9.84. The molecule has 35 heavy (non-hydrogen) atoms. The van der Waals surface area contributed by atoms with E-state index < -0.39 is 0 Å². The zero-order chi connectivity index (χ0) is 24.4. The third kappa shape index (κ3) is 4.97. The van der Waals surface area contributed by atoms with Gasteiger partial charge in [-0.25, -0.2) is 0 Å². The van der Waals surface area contributed by atoms with E-state index in [4.69, 9.17) is 9.47 Å². The van der Waals surface area contributed by atoms with Gasteiger partial charge in [-0.2, -0.15) is 0 Å². The maximum absolute atomic E-state index is 13.3. The highest BCUT2D eigenvalue weighted by atomic mass is 16.5. The number of rotatable bonds is 8. The third-order valence-electron chi connectivity index (χ3n) is 7.63. The SMILES string of the molecule is COc1ccccc1NC(=O)c1cc2ccccc2cc1OCC(=O)N[C@H](C)[C@H]1C[C@H]2CC[C@H]1C2. The summed E-state index contributed by atoms with van der Waals surface area (Å²) in [7, 11) is 1.56. The molecule has 6 heteroatoms. The minimum Gasteiger partial charge on any atom is -0.495 e. The van der Waals surface area contributed by atoms with Gasteiger partial charge in [0.25, 0.3) is 11.8 Å². The normalized spacial score (nSPS) is 21.5. The van der Waals surface area contributed by atoms with Crippen LogP contribution in [0.25, 0.3) is 10.8 Å². The van der Waals surface area contributed by atoms with E-state index in [9.17, 15) is 9.59 Å². The third-order valence-corrected chi connectivity index (χ3v) is 7.63. The number of anilines is 1. The number of carbonyl (C=O) groups excluding carboxylic acids is 2. The molecule has 0 radical (unpaired) electrons. The summed E-state index contributed by atoms with van der Waals surface area (Å²) in [4.78, 5) is 26.0. The van der Waals surface area contributed by atoms with Gasteiger partial charge in [-0.3, -0.25) is 9.59 Å². The van der Waals surface area contributed by atoms with Gasteiger partial charge in [-0.1, -0.05) is 42.8 Å². The number of carbonyl (C=O) groups is 2. The highest BCUT2D eigenvalue weighted by Gasteiger charge is 2.42. The molecule has 0 heterocycles. The maximum Gasteiger partial charge on any atom is 0.259 e. The number of nitrogens with one attached hydrogen (secondary N) is 2. The van der Waals surface area contributed by atoms with Crippen molar-refractivity contribution in [1.82, 2.24) is 5.32 Å². The molecule has 6 nitrogen and oxygen atoms in total. The fourth-order valence-electron chi connectivity index (χ4n) is 5.91. The molecule has 2 amide bonds. The molecular weight excluding hydrogens is 440 g/mol. The zero-order valence-corrected chi connectivity index (χ0v) is 20.3. The van der Waals surface area contributed by atoms with Crippen molar-refractivity contribution in [3.05, 3.63) is 66.2 Å². The van der Waals surface area contributed by atoms with E-state index in [0.717, 1.165) is 22.6 Å². The summed E-state index contributed by atoms with van der Waals surface area (Å²) in [5.74, 6) is 2.58. The molecule has 182 valence electrons. The van der Waals surface area contributed by atoms with Gasteiger partial charge in [-0.05, 0) is 79.0 Å². The van der Waals surface area contributed by atoms with Crippen LogP contribution in [0.5, 0.6) is 11.5 Å². The molecule has 0 saturated heterocycles. The minimum atomic E-state index is -0.328. The minimum absolute atomic E-state index is 0.131. The molecule has 2 aliphatic rings. The number of benzene rings is 3. The predicted molar refractivity (Wildman–Crippen MR) is 137 cm³/mol. The van der Waals surface area contributed by atoms with Crippen LogP contribution in [0, 0.1) is 17.8 Å². The van der Waals surface area contributed by atoms with E-state index in [1.54, 1.807) is 25.3 Å². The highest BCUT2D eigenvalue weighted by Crippen LogP contribution is 2.49. The van der Waals surface area contributed by atoms with Gasteiger partial charge >= 0.3 is 0 Å². The average Bonchev–Trinajstić information content (AvgIpc) is 3.51. The molecule has 2 aliphatic carbocycles. The Balaban J connectivity index is 1.31. The fraction of sp³-hybridized carbons (Fsp3) is 0.379. The molecule has 0 spiro atoms. The molecule has 0 unspecified atom stereocenters. The molecule has 3 aromatic carbocycles. The second-order valence-corrected chi connectivity index (χ2v) is 9.83. The first-order valence-electron chi connectivity index (χ1n) is 12.4. The first kappa shape index (κ1) is 23.2. The molecular formula is C29H32N2O4. The average molecular weight is 473 g/mol. The highest BCUT2D eigenvalue weighted by molar-refractivity contribution is 6.09. The van der Waals surface area contributed by atoms with Crippen LogP contribution in [-0.4, -0.2) is 31.6 Å². The summed E-state index contributed by atoms with van der Waals surface area (Å²) >= 11 is 0.